The van der Waals surface area contributed by atoms with Gasteiger partial charge in [0.1, 0.15) is 0 Å². The zero-order valence-corrected chi connectivity index (χ0v) is 14.7. The molecular weight excluding hydrogens is 316 g/mol. The molecule has 4 bridgehead atoms. The third-order valence-corrected chi connectivity index (χ3v) is 7.30. The summed E-state index contributed by atoms with van der Waals surface area (Å²) >= 11 is 0. The highest BCUT2D eigenvalue weighted by Crippen LogP contribution is 2.61. The van der Waals surface area contributed by atoms with Crippen molar-refractivity contribution in [3.63, 3.8) is 0 Å². The summed E-state index contributed by atoms with van der Waals surface area (Å²) in [6, 6.07) is 1.97. The number of carbonyl (C=O) groups excluding carboxylic acids is 2. The highest BCUT2D eigenvalue weighted by molar-refractivity contribution is 5.98. The van der Waals surface area contributed by atoms with Crippen LogP contribution in [-0.2, 0) is 16.1 Å². The van der Waals surface area contributed by atoms with Crippen molar-refractivity contribution in [2.45, 2.75) is 57.0 Å². The summed E-state index contributed by atoms with van der Waals surface area (Å²) < 4.78 is 5.15. The van der Waals surface area contributed by atoms with Crippen LogP contribution in [0.2, 0.25) is 0 Å². The summed E-state index contributed by atoms with van der Waals surface area (Å²) in [6.45, 7) is 0.721. The number of carbonyl (C=O) groups is 2. The molecule has 0 aromatic carbocycles. The number of esters is 1. The topological polar surface area (TPSA) is 59.5 Å². The number of amides is 1. The molecular formula is C20H24N2O3. The van der Waals surface area contributed by atoms with Gasteiger partial charge in [-0.3, -0.25) is 14.6 Å². The van der Waals surface area contributed by atoms with E-state index in [-0.39, 0.29) is 22.8 Å². The average Bonchev–Trinajstić information content (AvgIpc) is 3.15. The third-order valence-electron chi connectivity index (χ3n) is 7.30. The van der Waals surface area contributed by atoms with Crippen LogP contribution in [-0.4, -0.2) is 34.4 Å². The minimum Gasteiger partial charge on any atom is -0.469 e. The first-order valence-corrected chi connectivity index (χ1v) is 9.39. The van der Waals surface area contributed by atoms with E-state index in [2.05, 4.69) is 9.88 Å². The zero-order valence-electron chi connectivity index (χ0n) is 14.7. The molecule has 5 nitrogen and oxygen atoms in total. The number of rotatable bonds is 2. The Morgan fingerprint density at radius 2 is 2.00 bits per heavy atom. The maximum atomic E-state index is 13.0. The minimum atomic E-state index is -0.251. The van der Waals surface area contributed by atoms with Crippen molar-refractivity contribution in [1.29, 1.82) is 0 Å². The van der Waals surface area contributed by atoms with Gasteiger partial charge in [0.25, 0.3) is 5.91 Å². The number of nitrogens with zero attached hydrogens (tertiary/aromatic N) is 2. The van der Waals surface area contributed by atoms with Gasteiger partial charge < -0.3 is 9.64 Å². The van der Waals surface area contributed by atoms with Gasteiger partial charge in [0.2, 0.25) is 0 Å². The average molecular weight is 340 g/mol. The Morgan fingerprint density at radius 1 is 1.24 bits per heavy atom. The lowest BCUT2D eigenvalue weighted by atomic mass is 9.57. The molecule has 25 heavy (non-hydrogen) atoms. The molecule has 5 heteroatoms. The van der Waals surface area contributed by atoms with E-state index in [0.717, 1.165) is 62.6 Å². The normalized spacial score (nSPS) is 38.6. The van der Waals surface area contributed by atoms with E-state index in [4.69, 9.17) is 4.74 Å². The van der Waals surface area contributed by atoms with Gasteiger partial charge in [0.05, 0.1) is 18.1 Å². The first kappa shape index (κ1) is 15.4. The van der Waals surface area contributed by atoms with Gasteiger partial charge >= 0.3 is 5.97 Å². The van der Waals surface area contributed by atoms with Gasteiger partial charge in [-0.05, 0) is 68.4 Å². The predicted octanol–water partition coefficient (Wildman–Crippen LogP) is 2.94. The SMILES string of the molecule is COC(=O)C12CCC(C1)CC1(N3Cc4ccncc4C3=O)CC(C2)C1. The number of methoxy groups -OCH3 is 1. The van der Waals surface area contributed by atoms with Crippen LogP contribution in [0.3, 0.4) is 0 Å². The summed E-state index contributed by atoms with van der Waals surface area (Å²) in [5, 5.41) is 0. The van der Waals surface area contributed by atoms with Crippen molar-refractivity contribution < 1.29 is 14.3 Å². The standard InChI is InChI=1S/C20H24N2O3/c1-25-18(24)19-4-2-13(6-19)8-20(9-14(7-19)10-20)22-12-15-3-5-21-11-16(15)17(22)23/h3,5,11,13-14H,2,4,6-10,12H2,1H3. The molecule has 0 N–H and O–H groups in total. The van der Waals surface area contributed by atoms with Gasteiger partial charge in [-0.15, -0.1) is 0 Å². The Bertz CT molecular complexity index is 755. The Hall–Kier alpha value is -1.91. The van der Waals surface area contributed by atoms with Crippen molar-refractivity contribution in [1.82, 2.24) is 9.88 Å². The Morgan fingerprint density at radius 3 is 2.76 bits per heavy atom. The molecule has 5 aliphatic rings. The summed E-state index contributed by atoms with van der Waals surface area (Å²) in [5.41, 5.74) is 1.63. The van der Waals surface area contributed by atoms with E-state index in [9.17, 15) is 9.59 Å². The molecule has 4 aliphatic carbocycles. The quantitative estimate of drug-likeness (QED) is 0.777. The number of fused-ring (bicyclic) bond motifs is 1. The van der Waals surface area contributed by atoms with Gasteiger partial charge in [-0.25, -0.2) is 0 Å². The van der Waals surface area contributed by atoms with Crippen LogP contribution in [0.25, 0.3) is 0 Å². The minimum absolute atomic E-state index is 0.00193. The molecule has 1 amide bonds. The summed E-state index contributed by atoms with van der Waals surface area (Å²) in [4.78, 5) is 31.6. The maximum absolute atomic E-state index is 13.0. The van der Waals surface area contributed by atoms with E-state index in [1.165, 1.54) is 7.11 Å². The molecule has 4 fully saturated rings. The van der Waals surface area contributed by atoms with E-state index < -0.39 is 0 Å². The monoisotopic (exact) mass is 340 g/mol. The second-order valence-corrected chi connectivity index (χ2v) is 8.71. The van der Waals surface area contributed by atoms with Crippen molar-refractivity contribution >= 4 is 11.9 Å². The van der Waals surface area contributed by atoms with E-state index >= 15 is 0 Å². The van der Waals surface area contributed by atoms with Crippen LogP contribution in [0, 0.1) is 17.3 Å². The maximum Gasteiger partial charge on any atom is 0.311 e. The molecule has 4 saturated carbocycles. The predicted molar refractivity (Wildman–Crippen MR) is 90.6 cm³/mol. The fraction of sp³-hybridized carbons (Fsp3) is 0.650. The lowest BCUT2D eigenvalue weighted by molar-refractivity contribution is -0.157. The molecule has 6 rings (SSSR count). The van der Waals surface area contributed by atoms with Crippen molar-refractivity contribution in [2.75, 3.05) is 7.11 Å². The molecule has 1 aromatic rings. The largest absolute Gasteiger partial charge is 0.469 e. The van der Waals surface area contributed by atoms with E-state index in [1.54, 1.807) is 12.4 Å². The van der Waals surface area contributed by atoms with Crippen molar-refractivity contribution in [3.05, 3.63) is 29.6 Å². The zero-order chi connectivity index (χ0) is 17.2. The number of pyridine rings is 1. The number of hydrogen-bond donors (Lipinski definition) is 0. The lowest BCUT2D eigenvalue weighted by Gasteiger charge is -2.57. The first-order valence-electron chi connectivity index (χ1n) is 9.39. The Kier molecular flexibility index (Phi) is 3.10. The molecule has 0 spiro atoms. The fourth-order valence-corrected chi connectivity index (χ4v) is 6.35. The molecule has 132 valence electrons. The molecule has 0 saturated heterocycles. The van der Waals surface area contributed by atoms with Gasteiger partial charge in [0.15, 0.2) is 0 Å². The Balaban J connectivity index is 1.42. The summed E-state index contributed by atoms with van der Waals surface area (Å²) in [6.07, 6.45) is 10.5. The van der Waals surface area contributed by atoms with Crippen LogP contribution in [0.1, 0.15) is 60.9 Å². The molecule has 1 aromatic heterocycles. The first-order chi connectivity index (χ1) is 12.1. The molecule has 2 unspecified atom stereocenters. The highest BCUT2D eigenvalue weighted by Gasteiger charge is 2.60. The fourth-order valence-electron chi connectivity index (χ4n) is 6.35. The second kappa shape index (κ2) is 5.05. The number of ether oxygens (including phenoxy) is 1. The third kappa shape index (κ3) is 2.04. The second-order valence-electron chi connectivity index (χ2n) is 8.71. The summed E-state index contributed by atoms with van der Waals surface area (Å²) in [5.74, 6) is 1.20. The lowest BCUT2D eigenvalue weighted by Crippen LogP contribution is -2.60. The van der Waals surface area contributed by atoms with E-state index in [1.807, 2.05) is 6.07 Å². The summed E-state index contributed by atoms with van der Waals surface area (Å²) in [7, 11) is 1.52. The van der Waals surface area contributed by atoms with Crippen LogP contribution in [0.15, 0.2) is 18.5 Å². The van der Waals surface area contributed by atoms with Crippen LogP contribution < -0.4 is 0 Å². The van der Waals surface area contributed by atoms with Gasteiger partial charge in [-0.1, -0.05) is 0 Å². The molecule has 2 atom stereocenters. The van der Waals surface area contributed by atoms with Crippen LogP contribution in [0.4, 0.5) is 0 Å². The van der Waals surface area contributed by atoms with Gasteiger partial charge in [0, 0.05) is 24.5 Å². The molecule has 2 heterocycles. The Labute approximate surface area is 147 Å². The van der Waals surface area contributed by atoms with Crippen molar-refractivity contribution in [2.24, 2.45) is 17.3 Å². The van der Waals surface area contributed by atoms with Crippen LogP contribution >= 0.6 is 0 Å². The highest BCUT2D eigenvalue weighted by atomic mass is 16.5. The van der Waals surface area contributed by atoms with Crippen LogP contribution in [0.5, 0.6) is 0 Å². The van der Waals surface area contributed by atoms with E-state index in [0.29, 0.717) is 11.8 Å². The smallest absolute Gasteiger partial charge is 0.311 e. The molecule has 1 aliphatic heterocycles. The van der Waals surface area contributed by atoms with Gasteiger partial charge in [-0.2, -0.15) is 0 Å². The number of hydrogen-bond acceptors (Lipinski definition) is 4. The van der Waals surface area contributed by atoms with Crippen molar-refractivity contribution in [3.8, 4) is 0 Å². The number of aromatic nitrogens is 1. The molecule has 0 radical (unpaired) electrons.